The summed E-state index contributed by atoms with van der Waals surface area (Å²) in [4.78, 5) is 25.7. The molecule has 0 aromatic heterocycles. The number of para-hydroxylation sites is 1. The second-order valence-corrected chi connectivity index (χ2v) is 6.59. The Bertz CT molecular complexity index is 538. The maximum atomic E-state index is 12.4. The van der Waals surface area contributed by atoms with Crippen molar-refractivity contribution < 1.29 is 9.59 Å². The van der Waals surface area contributed by atoms with Gasteiger partial charge in [0.25, 0.3) is 0 Å². The number of likely N-dealkylation sites (tertiary alicyclic amines) is 1. The van der Waals surface area contributed by atoms with Gasteiger partial charge in [-0.2, -0.15) is 0 Å². The Hall–Kier alpha value is -1.84. The predicted octanol–water partition coefficient (Wildman–Crippen LogP) is 3.49. The first-order valence-electron chi connectivity index (χ1n) is 8.10. The minimum Gasteiger partial charge on any atom is -0.333 e. The summed E-state index contributed by atoms with van der Waals surface area (Å²) in [7, 11) is 0. The van der Waals surface area contributed by atoms with E-state index in [-0.39, 0.29) is 18.4 Å². The molecule has 0 atom stereocenters. The number of hydrogen-bond acceptors (Lipinski definition) is 2. The van der Waals surface area contributed by atoms with Crippen LogP contribution in [0.4, 0.5) is 5.69 Å². The highest BCUT2D eigenvalue weighted by Crippen LogP contribution is 2.32. The van der Waals surface area contributed by atoms with Crippen molar-refractivity contribution in [3.05, 3.63) is 29.3 Å². The van der Waals surface area contributed by atoms with Crippen molar-refractivity contribution >= 4 is 17.5 Å². The molecule has 22 heavy (non-hydrogen) atoms. The van der Waals surface area contributed by atoms with Crippen molar-refractivity contribution in [3.63, 3.8) is 0 Å². The van der Waals surface area contributed by atoms with Gasteiger partial charge >= 0.3 is 0 Å². The molecule has 0 aliphatic carbocycles. The highest BCUT2D eigenvalue weighted by Gasteiger charge is 2.23. The van der Waals surface area contributed by atoms with Crippen LogP contribution in [0, 0.1) is 0 Å². The van der Waals surface area contributed by atoms with E-state index in [2.05, 4.69) is 45.1 Å². The van der Waals surface area contributed by atoms with Crippen molar-refractivity contribution in [2.75, 3.05) is 18.4 Å². The van der Waals surface area contributed by atoms with Crippen molar-refractivity contribution in [2.45, 2.75) is 52.4 Å². The Balaban J connectivity index is 2.20. The highest BCUT2D eigenvalue weighted by atomic mass is 16.2. The zero-order valence-electron chi connectivity index (χ0n) is 14.0. The molecule has 0 spiro atoms. The van der Waals surface area contributed by atoms with Crippen molar-refractivity contribution in [2.24, 2.45) is 0 Å². The molecule has 1 N–H and O–H groups in total. The molecule has 1 saturated heterocycles. The van der Waals surface area contributed by atoms with E-state index in [0.717, 1.165) is 23.2 Å². The molecule has 0 unspecified atom stereocenters. The summed E-state index contributed by atoms with van der Waals surface area (Å²) in [5.41, 5.74) is 3.21. The summed E-state index contributed by atoms with van der Waals surface area (Å²) < 4.78 is 0. The van der Waals surface area contributed by atoms with E-state index in [9.17, 15) is 9.59 Å². The second-order valence-electron chi connectivity index (χ2n) is 6.59. The molecule has 120 valence electrons. The number of carbonyl (C=O) groups is 2. The summed E-state index contributed by atoms with van der Waals surface area (Å²) in [6.07, 6.45) is 1.42. The standard InChI is InChI=1S/C18H26N2O2/c1-12(2)14-7-5-8-15(13(3)4)18(14)19-16(21)11-20-10-6-9-17(20)22/h5,7-8,12-13H,6,9-11H2,1-4H3,(H,19,21). The average molecular weight is 302 g/mol. The van der Waals surface area contributed by atoms with Crippen LogP contribution in [0.1, 0.15) is 63.5 Å². The van der Waals surface area contributed by atoms with Crippen LogP contribution in [0.5, 0.6) is 0 Å². The van der Waals surface area contributed by atoms with E-state index >= 15 is 0 Å². The van der Waals surface area contributed by atoms with Crippen LogP contribution >= 0.6 is 0 Å². The van der Waals surface area contributed by atoms with Crippen molar-refractivity contribution in [3.8, 4) is 0 Å². The first-order valence-corrected chi connectivity index (χ1v) is 8.10. The van der Waals surface area contributed by atoms with E-state index in [1.54, 1.807) is 4.90 Å². The minimum atomic E-state index is -0.106. The first kappa shape index (κ1) is 16.5. The molecule has 1 aromatic rings. The fourth-order valence-electron chi connectivity index (χ4n) is 2.92. The molecule has 1 aliphatic rings. The maximum Gasteiger partial charge on any atom is 0.244 e. The summed E-state index contributed by atoms with van der Waals surface area (Å²) in [5.74, 6) is 0.645. The van der Waals surface area contributed by atoms with Gasteiger partial charge in [0, 0.05) is 18.7 Å². The lowest BCUT2D eigenvalue weighted by atomic mass is 9.92. The number of hydrogen-bond donors (Lipinski definition) is 1. The molecule has 4 heteroatoms. The molecule has 1 fully saturated rings. The lowest BCUT2D eigenvalue weighted by Crippen LogP contribution is -2.34. The number of benzene rings is 1. The fraction of sp³-hybridized carbons (Fsp3) is 0.556. The normalized spacial score (nSPS) is 15.0. The largest absolute Gasteiger partial charge is 0.333 e. The summed E-state index contributed by atoms with van der Waals surface area (Å²) >= 11 is 0. The molecule has 2 rings (SSSR count). The van der Waals surface area contributed by atoms with Crippen molar-refractivity contribution in [1.82, 2.24) is 4.90 Å². The van der Waals surface area contributed by atoms with Gasteiger partial charge in [-0.25, -0.2) is 0 Å². The van der Waals surface area contributed by atoms with Crippen LogP contribution in [0.3, 0.4) is 0 Å². The number of anilines is 1. The maximum absolute atomic E-state index is 12.4. The summed E-state index contributed by atoms with van der Waals surface area (Å²) in [6.45, 7) is 9.34. The van der Waals surface area contributed by atoms with E-state index in [0.29, 0.717) is 24.8 Å². The van der Waals surface area contributed by atoms with Gasteiger partial charge in [-0.05, 0) is 29.4 Å². The van der Waals surface area contributed by atoms with Crippen LogP contribution in [0.2, 0.25) is 0 Å². The van der Waals surface area contributed by atoms with E-state index in [4.69, 9.17) is 0 Å². The third kappa shape index (κ3) is 3.67. The second kappa shape index (κ2) is 6.95. The monoisotopic (exact) mass is 302 g/mol. The van der Waals surface area contributed by atoms with Gasteiger partial charge < -0.3 is 10.2 Å². The number of amides is 2. The molecule has 2 amide bonds. The molecule has 1 aliphatic heterocycles. The first-order chi connectivity index (χ1) is 10.4. The number of carbonyl (C=O) groups excluding carboxylic acids is 2. The Morgan fingerprint density at radius 2 is 1.77 bits per heavy atom. The van der Waals surface area contributed by atoms with Gasteiger partial charge in [-0.15, -0.1) is 0 Å². The summed E-state index contributed by atoms with van der Waals surface area (Å²) in [5, 5.41) is 3.06. The molecule has 1 aromatic carbocycles. The van der Waals surface area contributed by atoms with Gasteiger partial charge in [-0.1, -0.05) is 45.9 Å². The number of rotatable bonds is 5. The number of nitrogens with one attached hydrogen (secondary N) is 1. The zero-order valence-corrected chi connectivity index (χ0v) is 14.0. The molecule has 0 saturated carbocycles. The highest BCUT2D eigenvalue weighted by molar-refractivity contribution is 5.96. The number of nitrogens with zero attached hydrogens (tertiary/aromatic N) is 1. The Kier molecular flexibility index (Phi) is 5.22. The third-order valence-electron chi connectivity index (χ3n) is 4.14. The van der Waals surface area contributed by atoms with Gasteiger partial charge in [0.1, 0.15) is 0 Å². The van der Waals surface area contributed by atoms with E-state index in [1.807, 2.05) is 6.07 Å². The van der Waals surface area contributed by atoms with Gasteiger partial charge in [0.05, 0.1) is 6.54 Å². The predicted molar refractivity (Wildman–Crippen MR) is 89.1 cm³/mol. The topological polar surface area (TPSA) is 49.4 Å². The quantitative estimate of drug-likeness (QED) is 0.905. The molecule has 4 nitrogen and oxygen atoms in total. The van der Waals surface area contributed by atoms with Gasteiger partial charge in [0.2, 0.25) is 11.8 Å². The smallest absolute Gasteiger partial charge is 0.244 e. The fourth-order valence-corrected chi connectivity index (χ4v) is 2.92. The summed E-state index contributed by atoms with van der Waals surface area (Å²) in [6, 6.07) is 6.17. The van der Waals surface area contributed by atoms with Crippen molar-refractivity contribution in [1.29, 1.82) is 0 Å². The molecule has 0 bridgehead atoms. The minimum absolute atomic E-state index is 0.0800. The SMILES string of the molecule is CC(C)c1cccc(C(C)C)c1NC(=O)CN1CCCC1=O. The molecular formula is C18H26N2O2. The van der Waals surface area contributed by atoms with Crippen LogP contribution < -0.4 is 5.32 Å². The Morgan fingerprint density at radius 3 is 2.23 bits per heavy atom. The van der Waals surface area contributed by atoms with Crippen LogP contribution in [0.15, 0.2) is 18.2 Å². The van der Waals surface area contributed by atoms with Crippen LogP contribution in [0.25, 0.3) is 0 Å². The molecular weight excluding hydrogens is 276 g/mol. The van der Waals surface area contributed by atoms with Gasteiger partial charge in [-0.3, -0.25) is 9.59 Å². The zero-order chi connectivity index (χ0) is 16.3. The molecule has 0 radical (unpaired) electrons. The average Bonchev–Trinajstić information content (AvgIpc) is 2.83. The third-order valence-corrected chi connectivity index (χ3v) is 4.14. The van der Waals surface area contributed by atoms with Crippen LogP contribution in [-0.2, 0) is 9.59 Å². The lowest BCUT2D eigenvalue weighted by molar-refractivity contribution is -0.131. The van der Waals surface area contributed by atoms with E-state index < -0.39 is 0 Å². The molecule has 1 heterocycles. The van der Waals surface area contributed by atoms with E-state index in [1.165, 1.54) is 0 Å². The Labute approximate surface area is 132 Å². The van der Waals surface area contributed by atoms with Gasteiger partial charge in [0.15, 0.2) is 0 Å². The lowest BCUT2D eigenvalue weighted by Gasteiger charge is -2.21. The van der Waals surface area contributed by atoms with Crippen LogP contribution in [-0.4, -0.2) is 29.8 Å². The Morgan fingerprint density at radius 1 is 1.18 bits per heavy atom.